The molecule has 7 nitrogen and oxygen atoms in total. The van der Waals surface area contributed by atoms with Crippen molar-refractivity contribution in [2.75, 3.05) is 6.61 Å². The summed E-state index contributed by atoms with van der Waals surface area (Å²) in [5, 5.41) is 15.1. The number of fused-ring (bicyclic) bond motifs is 3. The number of hydrogen-bond acceptors (Lipinski definition) is 4. The van der Waals surface area contributed by atoms with E-state index >= 15 is 0 Å². The molecule has 0 amide bonds. The van der Waals surface area contributed by atoms with Gasteiger partial charge in [0.2, 0.25) is 0 Å². The van der Waals surface area contributed by atoms with Crippen molar-refractivity contribution in [2.45, 2.75) is 45.9 Å². The minimum atomic E-state index is -1.00. The molecule has 1 aliphatic heterocycles. The summed E-state index contributed by atoms with van der Waals surface area (Å²) in [5.41, 5.74) is 2.93. The van der Waals surface area contributed by atoms with Crippen molar-refractivity contribution in [2.24, 2.45) is 0 Å². The Morgan fingerprint density at radius 3 is 2.89 bits per heavy atom. The number of benzene rings is 1. The van der Waals surface area contributed by atoms with Gasteiger partial charge >= 0.3 is 5.97 Å². The zero-order valence-corrected chi connectivity index (χ0v) is 16.0. The normalized spacial score (nSPS) is 17.7. The summed E-state index contributed by atoms with van der Waals surface area (Å²) in [7, 11) is 0. The smallest absolute Gasteiger partial charge is 0.328 e. The standard InChI is InChI=1S/C21H23N3O4/c1-3-23-16-9-7-14(8-10-18(25)26)12-15(16)20-19(21(23)27)13(2)24(22-20)17-6-4-5-11-28-17/h7-10,12,17H,3-6,11H2,1-2H3,(H,25,26). The van der Waals surface area contributed by atoms with Crippen molar-refractivity contribution < 1.29 is 14.6 Å². The van der Waals surface area contributed by atoms with Crippen molar-refractivity contribution in [1.82, 2.24) is 14.3 Å². The summed E-state index contributed by atoms with van der Waals surface area (Å²) in [6.45, 7) is 5.09. The molecule has 0 spiro atoms. The van der Waals surface area contributed by atoms with Gasteiger partial charge in [-0.3, -0.25) is 4.79 Å². The molecule has 0 radical (unpaired) electrons. The molecule has 3 aromatic rings. The number of aryl methyl sites for hydroxylation is 2. The molecule has 1 saturated heterocycles. The predicted molar refractivity (Wildman–Crippen MR) is 107 cm³/mol. The first-order valence-corrected chi connectivity index (χ1v) is 9.59. The van der Waals surface area contributed by atoms with Crippen LogP contribution in [0.4, 0.5) is 0 Å². The summed E-state index contributed by atoms with van der Waals surface area (Å²) >= 11 is 0. The van der Waals surface area contributed by atoms with E-state index in [0.717, 1.165) is 47.5 Å². The van der Waals surface area contributed by atoms with Crippen LogP contribution in [0.5, 0.6) is 0 Å². The van der Waals surface area contributed by atoms with Crippen LogP contribution < -0.4 is 5.56 Å². The molecule has 0 saturated carbocycles. The number of rotatable bonds is 4. The number of aromatic nitrogens is 3. The maximum Gasteiger partial charge on any atom is 0.328 e. The Kier molecular flexibility index (Phi) is 4.77. The van der Waals surface area contributed by atoms with Gasteiger partial charge in [-0.15, -0.1) is 0 Å². The maximum atomic E-state index is 13.2. The van der Waals surface area contributed by atoms with Crippen LogP contribution in [0, 0.1) is 6.92 Å². The fourth-order valence-corrected chi connectivity index (χ4v) is 3.97. The average molecular weight is 381 g/mol. The summed E-state index contributed by atoms with van der Waals surface area (Å²) in [6.07, 6.45) is 5.49. The highest BCUT2D eigenvalue weighted by Crippen LogP contribution is 2.30. The number of carbonyl (C=O) groups is 1. The lowest BCUT2D eigenvalue weighted by atomic mass is 10.1. The highest BCUT2D eigenvalue weighted by Gasteiger charge is 2.23. The fraction of sp³-hybridized carbons (Fsp3) is 0.381. The Morgan fingerprint density at radius 2 is 2.21 bits per heavy atom. The van der Waals surface area contributed by atoms with E-state index in [1.54, 1.807) is 10.6 Å². The largest absolute Gasteiger partial charge is 0.478 e. The quantitative estimate of drug-likeness (QED) is 0.699. The number of ether oxygens (including phenoxy) is 1. The molecular weight excluding hydrogens is 358 g/mol. The van der Waals surface area contributed by atoms with E-state index in [4.69, 9.17) is 14.9 Å². The number of carboxylic acids is 1. The highest BCUT2D eigenvalue weighted by molar-refractivity contribution is 6.05. The molecule has 28 heavy (non-hydrogen) atoms. The van der Waals surface area contributed by atoms with Crippen LogP contribution in [0.2, 0.25) is 0 Å². The Bertz CT molecular complexity index is 1150. The van der Waals surface area contributed by atoms with Gasteiger partial charge in [0.15, 0.2) is 0 Å². The van der Waals surface area contributed by atoms with Gasteiger partial charge in [-0.2, -0.15) is 5.10 Å². The summed E-state index contributed by atoms with van der Waals surface area (Å²) in [4.78, 5) is 24.0. The molecule has 0 aliphatic carbocycles. The zero-order valence-electron chi connectivity index (χ0n) is 16.0. The van der Waals surface area contributed by atoms with Crippen molar-refractivity contribution in [3.63, 3.8) is 0 Å². The number of carboxylic acid groups (broad SMARTS) is 1. The molecule has 7 heteroatoms. The Balaban J connectivity index is 2.01. The van der Waals surface area contributed by atoms with Gasteiger partial charge < -0.3 is 14.4 Å². The van der Waals surface area contributed by atoms with Gasteiger partial charge in [0, 0.05) is 24.6 Å². The van der Waals surface area contributed by atoms with Crippen molar-refractivity contribution in [3.8, 4) is 0 Å². The minimum Gasteiger partial charge on any atom is -0.478 e. The van der Waals surface area contributed by atoms with E-state index in [-0.39, 0.29) is 11.8 Å². The Morgan fingerprint density at radius 1 is 1.39 bits per heavy atom. The van der Waals surface area contributed by atoms with Crippen molar-refractivity contribution in [3.05, 3.63) is 45.9 Å². The molecule has 1 aromatic carbocycles. The molecular formula is C21H23N3O4. The third-order valence-electron chi connectivity index (χ3n) is 5.34. The molecule has 1 fully saturated rings. The molecule has 1 unspecified atom stereocenters. The first-order chi connectivity index (χ1) is 13.5. The van der Waals surface area contributed by atoms with Gasteiger partial charge in [-0.1, -0.05) is 6.07 Å². The number of nitrogens with zero attached hydrogens (tertiary/aromatic N) is 3. The van der Waals surface area contributed by atoms with Crippen molar-refractivity contribution >= 4 is 33.9 Å². The van der Waals surface area contributed by atoms with Crippen LogP contribution in [0.15, 0.2) is 29.1 Å². The summed E-state index contributed by atoms with van der Waals surface area (Å²) in [5.74, 6) is -1.00. The average Bonchev–Trinajstić information content (AvgIpc) is 3.05. The van der Waals surface area contributed by atoms with E-state index in [1.807, 2.05) is 36.7 Å². The lowest BCUT2D eigenvalue weighted by Crippen LogP contribution is -2.21. The van der Waals surface area contributed by atoms with E-state index in [2.05, 4.69) is 0 Å². The SMILES string of the molecule is CCn1c(=O)c2c(C)n(C3CCCCO3)nc2c2cc(C=CC(=O)O)ccc21. The Hall–Kier alpha value is -2.93. The molecule has 1 N–H and O–H groups in total. The van der Waals surface area contributed by atoms with Crippen LogP contribution in [0.3, 0.4) is 0 Å². The second kappa shape index (κ2) is 7.24. The lowest BCUT2D eigenvalue weighted by Gasteiger charge is -2.23. The van der Waals surface area contributed by atoms with Crippen LogP contribution >= 0.6 is 0 Å². The molecule has 146 valence electrons. The lowest BCUT2D eigenvalue weighted by molar-refractivity contribution is -0.131. The second-order valence-corrected chi connectivity index (χ2v) is 7.07. The first-order valence-electron chi connectivity index (χ1n) is 9.59. The van der Waals surface area contributed by atoms with Crippen LogP contribution in [0.25, 0.3) is 27.9 Å². The third-order valence-corrected chi connectivity index (χ3v) is 5.34. The highest BCUT2D eigenvalue weighted by atomic mass is 16.5. The van der Waals surface area contributed by atoms with Gasteiger partial charge in [-0.05, 0) is 56.9 Å². The van der Waals surface area contributed by atoms with Gasteiger partial charge in [0.05, 0.1) is 16.6 Å². The number of aliphatic carboxylic acids is 1. The minimum absolute atomic E-state index is 0.0570. The van der Waals surface area contributed by atoms with E-state index in [0.29, 0.717) is 24.1 Å². The number of hydrogen-bond donors (Lipinski definition) is 1. The Labute approximate surface area is 161 Å². The van der Waals surface area contributed by atoms with Crippen LogP contribution in [0.1, 0.15) is 43.7 Å². The van der Waals surface area contributed by atoms with E-state index in [1.165, 1.54) is 0 Å². The maximum absolute atomic E-state index is 13.2. The molecule has 0 bridgehead atoms. The third kappa shape index (κ3) is 3.01. The number of pyridine rings is 1. The predicted octanol–water partition coefficient (Wildman–Crippen LogP) is 3.48. The van der Waals surface area contributed by atoms with Crippen molar-refractivity contribution in [1.29, 1.82) is 0 Å². The van der Waals surface area contributed by atoms with E-state index < -0.39 is 5.97 Å². The van der Waals surface area contributed by atoms with Gasteiger partial charge in [0.1, 0.15) is 11.7 Å². The van der Waals surface area contributed by atoms with Gasteiger partial charge in [-0.25, -0.2) is 9.48 Å². The first kappa shape index (κ1) is 18.4. The van der Waals surface area contributed by atoms with Crippen LogP contribution in [-0.2, 0) is 16.1 Å². The summed E-state index contributed by atoms with van der Waals surface area (Å²) < 4.78 is 9.46. The van der Waals surface area contributed by atoms with Crippen LogP contribution in [-0.4, -0.2) is 32.0 Å². The molecule has 1 atom stereocenters. The fourth-order valence-electron chi connectivity index (χ4n) is 3.97. The molecule has 3 heterocycles. The molecule has 4 rings (SSSR count). The van der Waals surface area contributed by atoms with E-state index in [9.17, 15) is 9.59 Å². The van der Waals surface area contributed by atoms with Gasteiger partial charge in [0.25, 0.3) is 5.56 Å². The molecule has 2 aromatic heterocycles. The second-order valence-electron chi connectivity index (χ2n) is 7.07. The monoisotopic (exact) mass is 381 g/mol. The summed E-state index contributed by atoms with van der Waals surface area (Å²) in [6, 6.07) is 5.56. The molecule has 1 aliphatic rings. The zero-order chi connectivity index (χ0) is 19.8. The topological polar surface area (TPSA) is 86.4 Å².